The summed E-state index contributed by atoms with van der Waals surface area (Å²) < 4.78 is 0. The van der Waals surface area contributed by atoms with E-state index in [4.69, 9.17) is 0 Å². The standard InChI is InChI=1S/2C4H6O3/c2*1-3-4(5)7-6-2/h2*3H,1H2,2H3. The van der Waals surface area contributed by atoms with Crippen molar-refractivity contribution in [1.82, 2.24) is 0 Å². The third kappa shape index (κ3) is 13.0. The Bertz CT molecular complexity index is 176. The minimum Gasteiger partial charge on any atom is -0.294 e. The van der Waals surface area contributed by atoms with Gasteiger partial charge in [-0.3, -0.25) is 9.78 Å². The molecule has 0 unspecified atom stereocenters. The van der Waals surface area contributed by atoms with Crippen molar-refractivity contribution in [2.45, 2.75) is 0 Å². The maximum atomic E-state index is 9.95. The summed E-state index contributed by atoms with van der Waals surface area (Å²) >= 11 is 0. The molecule has 80 valence electrons. The van der Waals surface area contributed by atoms with E-state index in [1.54, 1.807) is 0 Å². The number of hydrogen-bond donors (Lipinski definition) is 0. The quantitative estimate of drug-likeness (QED) is 0.378. The normalized spacial score (nSPS) is 7.57. The highest BCUT2D eigenvalue weighted by Gasteiger charge is 1.89. The van der Waals surface area contributed by atoms with Crippen molar-refractivity contribution in [3.05, 3.63) is 25.3 Å². The minimum absolute atomic E-state index is 0.581. The van der Waals surface area contributed by atoms with Crippen LogP contribution in [-0.4, -0.2) is 26.2 Å². The van der Waals surface area contributed by atoms with Crippen LogP contribution >= 0.6 is 0 Å². The first-order chi connectivity index (χ1) is 6.62. The fourth-order valence-electron chi connectivity index (χ4n) is 0.232. The molecule has 6 heteroatoms. The molecule has 0 aromatic rings. The third-order valence-corrected chi connectivity index (χ3v) is 0.664. The van der Waals surface area contributed by atoms with Gasteiger partial charge in [0.1, 0.15) is 0 Å². The molecule has 0 fully saturated rings. The van der Waals surface area contributed by atoms with Crippen molar-refractivity contribution in [2.24, 2.45) is 0 Å². The average Bonchev–Trinajstić information content (AvgIpc) is 2.19. The van der Waals surface area contributed by atoms with Gasteiger partial charge in [0.25, 0.3) is 0 Å². The van der Waals surface area contributed by atoms with E-state index < -0.39 is 11.9 Å². The van der Waals surface area contributed by atoms with Crippen molar-refractivity contribution in [3.63, 3.8) is 0 Å². The first kappa shape index (κ1) is 14.8. The van der Waals surface area contributed by atoms with Gasteiger partial charge >= 0.3 is 11.9 Å². The molecule has 0 aromatic carbocycles. The van der Waals surface area contributed by atoms with Crippen LogP contribution in [-0.2, 0) is 29.1 Å². The fourth-order valence-corrected chi connectivity index (χ4v) is 0.232. The second-order valence-corrected chi connectivity index (χ2v) is 1.55. The largest absolute Gasteiger partial charge is 0.365 e. The molecule has 0 bridgehead atoms. The Labute approximate surface area is 81.6 Å². The lowest BCUT2D eigenvalue weighted by Gasteiger charge is -1.88. The van der Waals surface area contributed by atoms with Crippen LogP contribution in [0, 0.1) is 0 Å². The van der Waals surface area contributed by atoms with Crippen molar-refractivity contribution in [3.8, 4) is 0 Å². The Morgan fingerprint density at radius 3 is 1.29 bits per heavy atom. The molecule has 0 aliphatic rings. The lowest BCUT2D eigenvalue weighted by Crippen LogP contribution is -1.96. The van der Waals surface area contributed by atoms with E-state index in [9.17, 15) is 9.59 Å². The molecule has 0 rings (SSSR count). The van der Waals surface area contributed by atoms with Crippen LogP contribution in [0.4, 0.5) is 0 Å². The predicted octanol–water partition coefficient (Wildman–Crippen LogP) is 0.554. The number of hydrogen-bond acceptors (Lipinski definition) is 6. The van der Waals surface area contributed by atoms with E-state index in [1.165, 1.54) is 14.2 Å². The summed E-state index contributed by atoms with van der Waals surface area (Å²) in [6.07, 6.45) is 2.03. The fraction of sp³-hybridized carbons (Fsp3) is 0.250. The Hall–Kier alpha value is -1.66. The molecule has 0 aliphatic carbocycles. The second kappa shape index (κ2) is 11.3. The highest BCUT2D eigenvalue weighted by molar-refractivity contribution is 5.80. The molecule has 14 heavy (non-hydrogen) atoms. The summed E-state index contributed by atoms with van der Waals surface area (Å²) in [5.41, 5.74) is 0. The number of rotatable bonds is 4. The zero-order chi connectivity index (χ0) is 11.4. The summed E-state index contributed by atoms with van der Waals surface area (Å²) in [6, 6.07) is 0. The monoisotopic (exact) mass is 204 g/mol. The molecule has 0 aromatic heterocycles. The van der Waals surface area contributed by atoms with E-state index in [2.05, 4.69) is 32.7 Å². The highest BCUT2D eigenvalue weighted by Crippen LogP contribution is 1.75. The Kier molecular flexibility index (Phi) is 12.0. The molecule has 0 atom stereocenters. The predicted molar refractivity (Wildman–Crippen MR) is 46.6 cm³/mol. The van der Waals surface area contributed by atoms with Gasteiger partial charge in [-0.25, -0.2) is 9.59 Å². The second-order valence-electron chi connectivity index (χ2n) is 1.55. The van der Waals surface area contributed by atoms with Gasteiger partial charge in [0, 0.05) is 12.2 Å². The minimum atomic E-state index is -0.581. The van der Waals surface area contributed by atoms with Gasteiger partial charge in [0.05, 0.1) is 14.2 Å². The van der Waals surface area contributed by atoms with Gasteiger partial charge in [0.2, 0.25) is 0 Å². The Balaban J connectivity index is 0. The molecule has 0 heterocycles. The maximum absolute atomic E-state index is 9.95. The van der Waals surface area contributed by atoms with Crippen molar-refractivity contribution in [2.75, 3.05) is 14.2 Å². The van der Waals surface area contributed by atoms with Crippen LogP contribution in [0.15, 0.2) is 25.3 Å². The van der Waals surface area contributed by atoms with Crippen molar-refractivity contribution >= 4 is 11.9 Å². The third-order valence-electron chi connectivity index (χ3n) is 0.664. The van der Waals surface area contributed by atoms with Gasteiger partial charge in [0.15, 0.2) is 0 Å². The zero-order valence-electron chi connectivity index (χ0n) is 8.02. The van der Waals surface area contributed by atoms with Crippen molar-refractivity contribution in [1.29, 1.82) is 0 Å². The molecule has 0 radical (unpaired) electrons. The van der Waals surface area contributed by atoms with E-state index in [1.807, 2.05) is 0 Å². The van der Waals surface area contributed by atoms with Gasteiger partial charge in [-0.2, -0.15) is 9.78 Å². The lowest BCUT2D eigenvalue weighted by molar-refractivity contribution is -0.249. The lowest BCUT2D eigenvalue weighted by atomic mass is 10.7. The van der Waals surface area contributed by atoms with Gasteiger partial charge in [-0.1, -0.05) is 13.2 Å². The van der Waals surface area contributed by atoms with Crippen LogP contribution in [0.2, 0.25) is 0 Å². The first-order valence-corrected chi connectivity index (χ1v) is 3.36. The molecular formula is C8H12O6. The molecule has 0 N–H and O–H groups in total. The molecule has 0 saturated carbocycles. The van der Waals surface area contributed by atoms with Crippen LogP contribution < -0.4 is 0 Å². The molecule has 0 amide bonds. The van der Waals surface area contributed by atoms with E-state index in [0.717, 1.165) is 12.2 Å². The zero-order valence-corrected chi connectivity index (χ0v) is 8.02. The van der Waals surface area contributed by atoms with Gasteiger partial charge in [-0.05, 0) is 0 Å². The van der Waals surface area contributed by atoms with Crippen molar-refractivity contribution < 1.29 is 29.1 Å². The number of carbonyl (C=O) groups is 2. The average molecular weight is 204 g/mol. The smallest absolute Gasteiger partial charge is 0.294 e. The summed E-state index contributed by atoms with van der Waals surface area (Å²) in [6.45, 7) is 6.25. The first-order valence-electron chi connectivity index (χ1n) is 3.36. The summed E-state index contributed by atoms with van der Waals surface area (Å²) in [5.74, 6) is -1.16. The SMILES string of the molecule is C=CC(=O)OOC.C=CC(=O)OOC. The van der Waals surface area contributed by atoms with Gasteiger partial charge < -0.3 is 0 Å². The summed E-state index contributed by atoms with van der Waals surface area (Å²) in [7, 11) is 2.50. The van der Waals surface area contributed by atoms with E-state index >= 15 is 0 Å². The Morgan fingerprint density at radius 1 is 0.929 bits per heavy atom. The molecule has 6 nitrogen and oxygen atoms in total. The Morgan fingerprint density at radius 2 is 1.21 bits per heavy atom. The highest BCUT2D eigenvalue weighted by atomic mass is 17.2. The molecule has 0 saturated heterocycles. The summed E-state index contributed by atoms with van der Waals surface area (Å²) in [5, 5.41) is 0. The van der Waals surface area contributed by atoms with Crippen LogP contribution in [0.3, 0.4) is 0 Å². The maximum Gasteiger partial charge on any atom is 0.365 e. The van der Waals surface area contributed by atoms with E-state index in [-0.39, 0.29) is 0 Å². The molecule has 0 aliphatic heterocycles. The molecule has 0 spiro atoms. The van der Waals surface area contributed by atoms with Crippen LogP contribution in [0.1, 0.15) is 0 Å². The summed E-state index contributed by atoms with van der Waals surface area (Å²) in [4.78, 5) is 35.7. The molecular weight excluding hydrogens is 192 g/mol. The van der Waals surface area contributed by atoms with E-state index in [0.29, 0.717) is 0 Å². The number of carbonyl (C=O) groups excluding carboxylic acids is 2. The van der Waals surface area contributed by atoms with Crippen LogP contribution in [0.25, 0.3) is 0 Å². The van der Waals surface area contributed by atoms with Crippen LogP contribution in [0.5, 0.6) is 0 Å². The van der Waals surface area contributed by atoms with Gasteiger partial charge in [-0.15, -0.1) is 0 Å². The topological polar surface area (TPSA) is 71.1 Å².